The lowest BCUT2D eigenvalue weighted by atomic mass is 9.83. The molecule has 0 saturated heterocycles. The summed E-state index contributed by atoms with van der Waals surface area (Å²) in [6.45, 7) is 3.35. The summed E-state index contributed by atoms with van der Waals surface area (Å²) >= 11 is 0. The van der Waals surface area contributed by atoms with Gasteiger partial charge in [0.2, 0.25) is 5.91 Å². The molecule has 0 atom stereocenters. The second kappa shape index (κ2) is 9.12. The molecule has 34 heavy (non-hydrogen) atoms. The van der Waals surface area contributed by atoms with Gasteiger partial charge in [-0.2, -0.15) is 0 Å². The van der Waals surface area contributed by atoms with Gasteiger partial charge in [0.05, 0.1) is 5.41 Å². The number of fused-ring (bicyclic) bond motifs is 3. The standard InChI is InChI=1S/C27H32N2O5/c1-26(2,24(31)32)29(3)23(30)27(14-8-9-15-27)17-28-25(33)34-16-22-20-12-6-4-10-18(20)19-11-5-7-13-21(19)22/h4-7,10-13,22H,8-9,14-17H2,1-3H3,(H,28,33)(H,31,32). The van der Waals surface area contributed by atoms with Crippen LogP contribution >= 0.6 is 0 Å². The fourth-order valence-corrected chi connectivity index (χ4v) is 5.16. The Balaban J connectivity index is 1.41. The Morgan fingerprint density at radius 1 is 1.03 bits per heavy atom. The third-order valence-electron chi connectivity index (χ3n) is 7.60. The fraction of sp³-hybridized carbons (Fsp3) is 0.444. The monoisotopic (exact) mass is 464 g/mol. The Morgan fingerprint density at radius 2 is 1.56 bits per heavy atom. The average Bonchev–Trinajstić information content (AvgIpc) is 3.44. The first-order valence-electron chi connectivity index (χ1n) is 11.8. The van der Waals surface area contributed by atoms with Gasteiger partial charge in [-0.3, -0.25) is 4.79 Å². The molecule has 2 aromatic rings. The van der Waals surface area contributed by atoms with Gasteiger partial charge in [-0.25, -0.2) is 9.59 Å². The molecule has 0 bridgehead atoms. The smallest absolute Gasteiger partial charge is 0.407 e. The van der Waals surface area contributed by atoms with Crippen LogP contribution in [0.15, 0.2) is 48.5 Å². The number of carboxylic acid groups (broad SMARTS) is 1. The third-order valence-corrected chi connectivity index (χ3v) is 7.60. The van der Waals surface area contributed by atoms with Gasteiger partial charge in [0.1, 0.15) is 12.1 Å². The van der Waals surface area contributed by atoms with Crippen LogP contribution in [0.2, 0.25) is 0 Å². The van der Waals surface area contributed by atoms with Crippen molar-refractivity contribution in [2.75, 3.05) is 20.2 Å². The van der Waals surface area contributed by atoms with Crippen LogP contribution in [0.5, 0.6) is 0 Å². The van der Waals surface area contributed by atoms with Gasteiger partial charge in [-0.1, -0.05) is 61.4 Å². The van der Waals surface area contributed by atoms with Crippen molar-refractivity contribution in [1.82, 2.24) is 10.2 Å². The first-order chi connectivity index (χ1) is 16.2. The number of benzene rings is 2. The van der Waals surface area contributed by atoms with Gasteiger partial charge in [0.15, 0.2) is 0 Å². The van der Waals surface area contributed by atoms with Crippen molar-refractivity contribution in [3.8, 4) is 11.1 Å². The lowest BCUT2D eigenvalue weighted by molar-refractivity contribution is -0.159. The fourth-order valence-electron chi connectivity index (χ4n) is 5.16. The molecular formula is C27H32N2O5. The molecule has 1 fully saturated rings. The number of hydrogen-bond donors (Lipinski definition) is 2. The number of hydrogen-bond acceptors (Lipinski definition) is 4. The van der Waals surface area contributed by atoms with E-state index in [1.165, 1.54) is 25.8 Å². The SMILES string of the molecule is CN(C(=O)C1(CNC(=O)OCC2c3ccccc3-c3ccccc32)CCCC1)C(C)(C)C(=O)O. The third kappa shape index (κ3) is 4.15. The Bertz CT molecular complexity index is 1060. The van der Waals surface area contributed by atoms with Crippen molar-refractivity contribution in [3.63, 3.8) is 0 Å². The van der Waals surface area contributed by atoms with E-state index in [9.17, 15) is 19.5 Å². The van der Waals surface area contributed by atoms with E-state index >= 15 is 0 Å². The Labute approximate surface area is 200 Å². The molecule has 2 aliphatic rings. The predicted octanol–water partition coefficient (Wildman–Crippen LogP) is 4.41. The van der Waals surface area contributed by atoms with Crippen LogP contribution in [0.1, 0.15) is 56.6 Å². The molecule has 2 amide bonds. The summed E-state index contributed by atoms with van der Waals surface area (Å²) in [6.07, 6.45) is 2.37. The van der Waals surface area contributed by atoms with Crippen LogP contribution < -0.4 is 5.32 Å². The Kier molecular flexibility index (Phi) is 6.39. The molecule has 7 nitrogen and oxygen atoms in total. The summed E-state index contributed by atoms with van der Waals surface area (Å²) in [5.74, 6) is -1.36. The van der Waals surface area contributed by atoms with E-state index in [2.05, 4.69) is 29.6 Å². The van der Waals surface area contributed by atoms with Gasteiger partial charge in [0, 0.05) is 19.5 Å². The van der Waals surface area contributed by atoms with Crippen LogP contribution in [0.25, 0.3) is 11.1 Å². The molecule has 1 saturated carbocycles. The highest BCUT2D eigenvalue weighted by atomic mass is 16.5. The summed E-state index contributed by atoms with van der Waals surface area (Å²) in [6, 6.07) is 16.3. The van der Waals surface area contributed by atoms with Gasteiger partial charge in [-0.05, 0) is 48.9 Å². The lowest BCUT2D eigenvalue weighted by Crippen LogP contribution is -2.57. The first-order valence-corrected chi connectivity index (χ1v) is 11.8. The molecule has 2 aliphatic carbocycles. The number of carboxylic acids is 1. The summed E-state index contributed by atoms with van der Waals surface area (Å²) in [5.41, 5.74) is 2.44. The number of carbonyl (C=O) groups excluding carboxylic acids is 2. The maximum absolute atomic E-state index is 13.3. The zero-order valence-electron chi connectivity index (χ0n) is 20.0. The number of likely N-dealkylation sites (N-methyl/N-ethyl adjacent to an activating group) is 1. The molecule has 0 heterocycles. The van der Waals surface area contributed by atoms with Gasteiger partial charge < -0.3 is 20.1 Å². The van der Waals surface area contributed by atoms with E-state index in [1.54, 1.807) is 0 Å². The Morgan fingerprint density at radius 3 is 2.09 bits per heavy atom. The van der Waals surface area contributed by atoms with Crippen molar-refractivity contribution < 1.29 is 24.2 Å². The molecule has 0 unspecified atom stereocenters. The summed E-state index contributed by atoms with van der Waals surface area (Å²) in [4.78, 5) is 39.0. The number of rotatable bonds is 7. The largest absolute Gasteiger partial charge is 0.480 e. The number of ether oxygens (including phenoxy) is 1. The van der Waals surface area contributed by atoms with Crippen LogP contribution in [0.4, 0.5) is 4.79 Å². The van der Waals surface area contributed by atoms with Gasteiger partial charge in [0.25, 0.3) is 0 Å². The number of nitrogens with one attached hydrogen (secondary N) is 1. The van der Waals surface area contributed by atoms with E-state index in [0.717, 1.165) is 35.1 Å². The van der Waals surface area contributed by atoms with E-state index in [0.29, 0.717) is 12.8 Å². The number of aliphatic carboxylic acids is 1. The number of alkyl carbamates (subject to hydrolysis) is 1. The van der Waals surface area contributed by atoms with Crippen molar-refractivity contribution in [2.45, 2.75) is 51.0 Å². The summed E-state index contributed by atoms with van der Waals surface area (Å²) < 4.78 is 5.62. The molecule has 2 aromatic carbocycles. The second-order valence-electron chi connectivity index (χ2n) is 9.89. The molecule has 0 aromatic heterocycles. The molecule has 0 radical (unpaired) electrons. The molecule has 180 valence electrons. The lowest BCUT2D eigenvalue weighted by Gasteiger charge is -2.39. The molecule has 0 spiro atoms. The van der Waals surface area contributed by atoms with E-state index in [4.69, 9.17) is 4.74 Å². The highest BCUT2D eigenvalue weighted by Gasteiger charge is 2.47. The number of carbonyl (C=O) groups is 3. The van der Waals surface area contributed by atoms with Gasteiger partial charge in [-0.15, -0.1) is 0 Å². The van der Waals surface area contributed by atoms with Crippen molar-refractivity contribution in [1.29, 1.82) is 0 Å². The molecule has 7 heteroatoms. The van der Waals surface area contributed by atoms with Crippen molar-refractivity contribution in [2.24, 2.45) is 5.41 Å². The zero-order chi connectivity index (χ0) is 24.5. The van der Waals surface area contributed by atoms with Crippen molar-refractivity contribution in [3.05, 3.63) is 59.7 Å². The molecule has 2 N–H and O–H groups in total. The highest BCUT2D eigenvalue weighted by molar-refractivity contribution is 5.90. The highest BCUT2D eigenvalue weighted by Crippen LogP contribution is 2.44. The van der Waals surface area contributed by atoms with E-state index < -0.39 is 23.0 Å². The first kappa shape index (κ1) is 23.8. The normalized spacial score (nSPS) is 16.4. The Hall–Kier alpha value is -3.35. The predicted molar refractivity (Wildman–Crippen MR) is 128 cm³/mol. The van der Waals surface area contributed by atoms with Crippen LogP contribution in [0, 0.1) is 5.41 Å². The average molecular weight is 465 g/mol. The maximum atomic E-state index is 13.3. The minimum atomic E-state index is -1.34. The van der Waals surface area contributed by atoms with Crippen LogP contribution in [0.3, 0.4) is 0 Å². The van der Waals surface area contributed by atoms with Gasteiger partial charge >= 0.3 is 12.1 Å². The van der Waals surface area contributed by atoms with Crippen LogP contribution in [-0.2, 0) is 14.3 Å². The van der Waals surface area contributed by atoms with E-state index in [-0.39, 0.29) is 25.0 Å². The maximum Gasteiger partial charge on any atom is 0.407 e. The summed E-state index contributed by atoms with van der Waals surface area (Å²) in [5, 5.41) is 12.3. The van der Waals surface area contributed by atoms with Crippen molar-refractivity contribution >= 4 is 18.0 Å². The topological polar surface area (TPSA) is 95.9 Å². The quantitative estimate of drug-likeness (QED) is 0.633. The number of amides is 2. The summed E-state index contributed by atoms with van der Waals surface area (Å²) in [7, 11) is 1.52. The minimum absolute atomic E-state index is 0.0391. The minimum Gasteiger partial charge on any atom is -0.480 e. The molecule has 0 aliphatic heterocycles. The number of nitrogens with zero attached hydrogens (tertiary/aromatic N) is 1. The molecular weight excluding hydrogens is 432 g/mol. The second-order valence-corrected chi connectivity index (χ2v) is 9.89. The van der Waals surface area contributed by atoms with Crippen LogP contribution in [-0.4, -0.2) is 53.7 Å². The van der Waals surface area contributed by atoms with E-state index in [1.807, 2.05) is 24.3 Å². The zero-order valence-corrected chi connectivity index (χ0v) is 20.0. The molecule has 4 rings (SSSR count).